The van der Waals surface area contributed by atoms with E-state index in [1.807, 2.05) is 12.3 Å². The summed E-state index contributed by atoms with van der Waals surface area (Å²) in [6, 6.07) is 6.15. The molecule has 21 heavy (non-hydrogen) atoms. The zero-order valence-corrected chi connectivity index (χ0v) is 13.0. The number of nitrogens with zero attached hydrogens (tertiary/aromatic N) is 2. The first-order chi connectivity index (χ1) is 10.3. The van der Waals surface area contributed by atoms with Crippen molar-refractivity contribution >= 4 is 0 Å². The molecule has 4 nitrogen and oxygen atoms in total. The minimum atomic E-state index is 0.182. The largest absolute Gasteiger partial charge is 0.381 e. The molecule has 1 aromatic rings. The maximum atomic E-state index is 6.06. The lowest BCUT2D eigenvalue weighted by molar-refractivity contribution is -0.153. The fourth-order valence-corrected chi connectivity index (χ4v) is 3.75. The predicted molar refractivity (Wildman–Crippen MR) is 82.0 cm³/mol. The van der Waals surface area contributed by atoms with Crippen LogP contribution >= 0.6 is 0 Å². The van der Waals surface area contributed by atoms with Crippen LogP contribution in [0, 0.1) is 5.41 Å². The molecule has 0 unspecified atom stereocenters. The zero-order valence-electron chi connectivity index (χ0n) is 13.0. The molecular formula is C17H26N2O2. The standard InChI is InChI=1S/C17H26N2O2/c1-2-20-14-17-8-5-11-21-16(17)7-10-19(13-17)12-15-6-3-4-9-18-15/h3-4,6,9,16H,2,5,7-8,10-14H2,1H3/t16-,17+/m1/s1. The van der Waals surface area contributed by atoms with E-state index in [9.17, 15) is 0 Å². The Morgan fingerprint density at radius 3 is 3.24 bits per heavy atom. The van der Waals surface area contributed by atoms with E-state index in [1.54, 1.807) is 0 Å². The highest BCUT2D eigenvalue weighted by Gasteiger charge is 2.46. The molecular weight excluding hydrogens is 264 g/mol. The van der Waals surface area contributed by atoms with E-state index >= 15 is 0 Å². The van der Waals surface area contributed by atoms with E-state index in [0.29, 0.717) is 6.10 Å². The number of likely N-dealkylation sites (tertiary alicyclic amines) is 1. The van der Waals surface area contributed by atoms with Crippen molar-refractivity contribution in [3.63, 3.8) is 0 Å². The number of aromatic nitrogens is 1. The Labute approximate surface area is 127 Å². The van der Waals surface area contributed by atoms with Gasteiger partial charge in [0.25, 0.3) is 0 Å². The molecule has 0 amide bonds. The fraction of sp³-hybridized carbons (Fsp3) is 0.706. The molecule has 0 aliphatic carbocycles. The van der Waals surface area contributed by atoms with Crippen LogP contribution in [-0.2, 0) is 16.0 Å². The average Bonchev–Trinajstić information content (AvgIpc) is 2.54. The number of hydrogen-bond donors (Lipinski definition) is 0. The highest BCUT2D eigenvalue weighted by Crippen LogP contribution is 2.40. The lowest BCUT2D eigenvalue weighted by Gasteiger charge is -2.50. The van der Waals surface area contributed by atoms with Gasteiger partial charge < -0.3 is 9.47 Å². The molecule has 0 spiro atoms. The van der Waals surface area contributed by atoms with Crippen molar-refractivity contribution in [2.45, 2.75) is 38.8 Å². The van der Waals surface area contributed by atoms with Gasteiger partial charge >= 0.3 is 0 Å². The van der Waals surface area contributed by atoms with Gasteiger partial charge in [-0.2, -0.15) is 0 Å². The molecule has 116 valence electrons. The molecule has 0 bridgehead atoms. The van der Waals surface area contributed by atoms with Crippen LogP contribution in [0.1, 0.15) is 31.9 Å². The van der Waals surface area contributed by atoms with E-state index in [1.165, 1.54) is 6.42 Å². The first kappa shape index (κ1) is 14.9. The Morgan fingerprint density at radius 1 is 1.48 bits per heavy atom. The SMILES string of the molecule is CCOC[C@@]12CCCO[C@@H]1CCN(Cc1ccccn1)C2. The smallest absolute Gasteiger partial charge is 0.0677 e. The van der Waals surface area contributed by atoms with E-state index in [4.69, 9.17) is 9.47 Å². The summed E-state index contributed by atoms with van der Waals surface area (Å²) in [5.74, 6) is 0. The Kier molecular flexibility index (Phi) is 4.88. The molecule has 3 heterocycles. The maximum Gasteiger partial charge on any atom is 0.0677 e. The topological polar surface area (TPSA) is 34.6 Å². The van der Waals surface area contributed by atoms with Crippen LogP contribution in [0.3, 0.4) is 0 Å². The summed E-state index contributed by atoms with van der Waals surface area (Å²) >= 11 is 0. The Hall–Kier alpha value is -0.970. The quantitative estimate of drug-likeness (QED) is 0.834. The summed E-state index contributed by atoms with van der Waals surface area (Å²) in [6.45, 7) is 7.69. The van der Waals surface area contributed by atoms with E-state index in [2.05, 4.69) is 28.9 Å². The minimum Gasteiger partial charge on any atom is -0.381 e. The van der Waals surface area contributed by atoms with Crippen LogP contribution < -0.4 is 0 Å². The fourth-order valence-electron chi connectivity index (χ4n) is 3.75. The summed E-state index contributed by atoms with van der Waals surface area (Å²) in [4.78, 5) is 6.98. The molecule has 0 N–H and O–H groups in total. The second-order valence-corrected chi connectivity index (χ2v) is 6.28. The van der Waals surface area contributed by atoms with Crippen molar-refractivity contribution in [3.05, 3.63) is 30.1 Å². The van der Waals surface area contributed by atoms with Gasteiger partial charge in [0.2, 0.25) is 0 Å². The number of ether oxygens (including phenoxy) is 2. The summed E-state index contributed by atoms with van der Waals surface area (Å²) in [5, 5.41) is 0. The number of hydrogen-bond acceptors (Lipinski definition) is 4. The van der Waals surface area contributed by atoms with Crippen LogP contribution in [0.2, 0.25) is 0 Å². The second-order valence-electron chi connectivity index (χ2n) is 6.28. The third kappa shape index (κ3) is 3.44. The van der Waals surface area contributed by atoms with Gasteiger partial charge in [-0.15, -0.1) is 0 Å². The van der Waals surface area contributed by atoms with Crippen LogP contribution in [-0.4, -0.2) is 48.9 Å². The molecule has 2 fully saturated rings. The average molecular weight is 290 g/mol. The van der Waals surface area contributed by atoms with Crippen molar-refractivity contribution in [2.24, 2.45) is 5.41 Å². The Balaban J connectivity index is 1.68. The summed E-state index contributed by atoms with van der Waals surface area (Å²) in [7, 11) is 0. The van der Waals surface area contributed by atoms with Crippen LogP contribution in [0.4, 0.5) is 0 Å². The molecule has 2 saturated heterocycles. The number of fused-ring (bicyclic) bond motifs is 1. The molecule has 2 aliphatic rings. The lowest BCUT2D eigenvalue weighted by atomic mass is 9.73. The van der Waals surface area contributed by atoms with Crippen LogP contribution in [0.5, 0.6) is 0 Å². The van der Waals surface area contributed by atoms with Gasteiger partial charge in [0, 0.05) is 44.5 Å². The molecule has 0 radical (unpaired) electrons. The van der Waals surface area contributed by atoms with Crippen molar-refractivity contribution in [3.8, 4) is 0 Å². The molecule has 2 aliphatic heterocycles. The molecule has 1 aromatic heterocycles. The summed E-state index contributed by atoms with van der Waals surface area (Å²) in [5.41, 5.74) is 1.33. The van der Waals surface area contributed by atoms with E-state index in [0.717, 1.165) is 58.0 Å². The Morgan fingerprint density at radius 2 is 2.43 bits per heavy atom. The molecule has 0 aromatic carbocycles. The van der Waals surface area contributed by atoms with Crippen molar-refractivity contribution < 1.29 is 9.47 Å². The molecule has 0 saturated carbocycles. The first-order valence-corrected chi connectivity index (χ1v) is 8.14. The van der Waals surface area contributed by atoms with Crippen LogP contribution in [0.25, 0.3) is 0 Å². The normalized spacial score (nSPS) is 30.0. The number of pyridine rings is 1. The van der Waals surface area contributed by atoms with Gasteiger partial charge in [0.05, 0.1) is 18.4 Å². The minimum absolute atomic E-state index is 0.182. The van der Waals surface area contributed by atoms with Crippen molar-refractivity contribution in [1.29, 1.82) is 0 Å². The van der Waals surface area contributed by atoms with Gasteiger partial charge in [-0.3, -0.25) is 9.88 Å². The Bertz CT molecular complexity index is 440. The second kappa shape index (κ2) is 6.86. The van der Waals surface area contributed by atoms with Gasteiger partial charge in [-0.25, -0.2) is 0 Å². The molecule has 4 heteroatoms. The highest BCUT2D eigenvalue weighted by molar-refractivity contribution is 5.05. The zero-order chi connectivity index (χ0) is 14.5. The predicted octanol–water partition coefficient (Wildman–Crippen LogP) is 2.49. The van der Waals surface area contributed by atoms with E-state index in [-0.39, 0.29) is 5.41 Å². The van der Waals surface area contributed by atoms with Crippen molar-refractivity contribution in [1.82, 2.24) is 9.88 Å². The summed E-state index contributed by atoms with van der Waals surface area (Å²) in [6.07, 6.45) is 5.73. The number of piperidine rings is 1. The third-order valence-corrected chi connectivity index (χ3v) is 4.77. The van der Waals surface area contributed by atoms with Crippen molar-refractivity contribution in [2.75, 3.05) is 32.9 Å². The van der Waals surface area contributed by atoms with Crippen LogP contribution in [0.15, 0.2) is 24.4 Å². The highest BCUT2D eigenvalue weighted by atomic mass is 16.5. The summed E-state index contributed by atoms with van der Waals surface area (Å²) < 4.78 is 11.9. The molecule has 2 atom stereocenters. The maximum absolute atomic E-state index is 6.06. The number of rotatable bonds is 5. The van der Waals surface area contributed by atoms with Gasteiger partial charge in [-0.1, -0.05) is 6.07 Å². The molecule has 3 rings (SSSR count). The van der Waals surface area contributed by atoms with Gasteiger partial charge in [-0.05, 0) is 38.3 Å². The third-order valence-electron chi connectivity index (χ3n) is 4.77. The lowest BCUT2D eigenvalue weighted by Crippen LogP contribution is -2.56. The first-order valence-electron chi connectivity index (χ1n) is 8.14. The van der Waals surface area contributed by atoms with Gasteiger partial charge in [0.15, 0.2) is 0 Å². The monoisotopic (exact) mass is 290 g/mol. The van der Waals surface area contributed by atoms with Gasteiger partial charge in [0.1, 0.15) is 0 Å². The van der Waals surface area contributed by atoms with E-state index < -0.39 is 0 Å².